The van der Waals surface area contributed by atoms with Gasteiger partial charge in [-0.1, -0.05) is 52.4 Å². The molecule has 145 valence electrons. The minimum absolute atomic E-state index is 0. The molecule has 0 bridgehead atoms. The normalized spacial score (nSPS) is 19.0. The second-order valence-electron chi connectivity index (χ2n) is 7.70. The molecule has 0 N–H and O–H groups in total. The summed E-state index contributed by atoms with van der Waals surface area (Å²) in [5.41, 5.74) is 0.231. The van der Waals surface area contributed by atoms with E-state index in [2.05, 4.69) is 50.8 Å². The maximum atomic E-state index is 4.19. The van der Waals surface area contributed by atoms with Crippen molar-refractivity contribution in [1.82, 2.24) is 0 Å². The van der Waals surface area contributed by atoms with Crippen LogP contribution in [0.5, 0.6) is 0 Å². The van der Waals surface area contributed by atoms with E-state index >= 15 is 0 Å². The first kappa shape index (κ1) is 26.8. The third-order valence-corrected chi connectivity index (χ3v) is 6.74. The summed E-state index contributed by atoms with van der Waals surface area (Å²) in [7, 11) is 0. The van der Waals surface area contributed by atoms with Crippen molar-refractivity contribution in [1.29, 1.82) is 0 Å². The first-order chi connectivity index (χ1) is 11.0. The topological polar surface area (TPSA) is 12.4 Å². The van der Waals surface area contributed by atoms with Gasteiger partial charge in [0.25, 0.3) is 0 Å². The minimum atomic E-state index is 0. The van der Waals surface area contributed by atoms with Crippen LogP contribution in [0, 0.1) is 32.1 Å². The summed E-state index contributed by atoms with van der Waals surface area (Å²) in [5, 5.41) is 0. The second-order valence-corrected chi connectivity index (χ2v) is 8.19. The van der Waals surface area contributed by atoms with Gasteiger partial charge in [0.05, 0.1) is 0 Å². The SMILES string of the molecule is CCC(C)(C)[N]=[Nb].CCC1CC[CH-]CC1.CCC1CC[CH-]CC1.[CH3-]. The van der Waals surface area contributed by atoms with Crippen LogP contribution < -0.4 is 0 Å². The molecule has 0 heterocycles. The van der Waals surface area contributed by atoms with Crippen molar-refractivity contribution in [3.05, 3.63) is 20.3 Å². The summed E-state index contributed by atoms with van der Waals surface area (Å²) in [6.07, 6.45) is 20.1. The van der Waals surface area contributed by atoms with Gasteiger partial charge in [0.2, 0.25) is 0 Å². The minimum Gasteiger partial charge on any atom is -0.358 e. The molecule has 2 fully saturated rings. The molecule has 2 rings (SSSR count). The number of rotatable bonds is 4. The molecule has 2 aliphatic carbocycles. The van der Waals surface area contributed by atoms with E-state index in [1.165, 1.54) is 64.2 Å². The summed E-state index contributed by atoms with van der Waals surface area (Å²) in [5.74, 6) is 2.11. The van der Waals surface area contributed by atoms with Crippen LogP contribution >= 0.6 is 0 Å². The van der Waals surface area contributed by atoms with Crippen LogP contribution in [0.1, 0.15) is 105 Å². The Kier molecular flexibility index (Phi) is 18.9. The molecule has 2 saturated carbocycles. The molecule has 0 radical (unpaired) electrons. The number of hydrogen-bond acceptors (Lipinski definition) is 1. The van der Waals surface area contributed by atoms with E-state index in [0.717, 1.165) is 18.3 Å². The summed E-state index contributed by atoms with van der Waals surface area (Å²) >= 11 is 1.55. The monoisotopic (exact) mass is 415 g/mol. The zero-order chi connectivity index (χ0) is 17.6. The van der Waals surface area contributed by atoms with Gasteiger partial charge in [0, 0.05) is 0 Å². The molecule has 0 unspecified atom stereocenters. The maximum Gasteiger partial charge on any atom is -0.0465 e. The number of hydrogen-bond donors (Lipinski definition) is 0. The zero-order valence-electron chi connectivity index (χ0n) is 17.5. The largest absolute Gasteiger partial charge is 0.358 e. The van der Waals surface area contributed by atoms with Crippen LogP contribution in [0.15, 0.2) is 3.34 Å². The van der Waals surface area contributed by atoms with Crippen molar-refractivity contribution in [2.75, 3.05) is 0 Å². The standard InChI is InChI=1S/2C8H15.C5H11N.CH3.Nb/c2*1-2-8-6-4-3-5-7-8;1-4-5(2,3)6;;/h2*3,8H,2,4-7H2,1H3;4H2,1-3H3;1H3;/q2*-1;;-1;. The Morgan fingerprint density at radius 1 is 0.833 bits per heavy atom. The Morgan fingerprint density at radius 2 is 1.17 bits per heavy atom. The van der Waals surface area contributed by atoms with Gasteiger partial charge in [-0.15, -0.1) is 0 Å². The van der Waals surface area contributed by atoms with Crippen LogP contribution in [-0.4, -0.2) is 5.54 Å². The van der Waals surface area contributed by atoms with Crippen molar-refractivity contribution in [2.45, 2.75) is 111 Å². The smallest absolute Gasteiger partial charge is 0.0465 e. The van der Waals surface area contributed by atoms with E-state index in [-0.39, 0.29) is 13.0 Å². The second kappa shape index (κ2) is 17.0. The van der Waals surface area contributed by atoms with Gasteiger partial charge in [-0.25, -0.2) is 0 Å². The predicted molar refractivity (Wildman–Crippen MR) is 106 cm³/mol. The average Bonchev–Trinajstić information content (AvgIpc) is 2.64. The average molecular weight is 416 g/mol. The van der Waals surface area contributed by atoms with Gasteiger partial charge < -0.3 is 20.3 Å². The van der Waals surface area contributed by atoms with Crippen LogP contribution in [0.4, 0.5) is 0 Å². The molecule has 0 aromatic rings. The fraction of sp³-hybridized carbons (Fsp3) is 0.864. The molecule has 0 spiro atoms. The first-order valence-electron chi connectivity index (χ1n) is 9.98. The van der Waals surface area contributed by atoms with Gasteiger partial charge in [-0.3, -0.25) is 0 Å². The van der Waals surface area contributed by atoms with Crippen molar-refractivity contribution >= 4 is 0 Å². The third-order valence-electron chi connectivity index (χ3n) is 5.41. The van der Waals surface area contributed by atoms with E-state index in [4.69, 9.17) is 0 Å². The van der Waals surface area contributed by atoms with Crippen LogP contribution in [0.2, 0.25) is 0 Å². The van der Waals surface area contributed by atoms with Crippen LogP contribution in [-0.2, 0) is 20.9 Å². The Morgan fingerprint density at radius 3 is 1.29 bits per heavy atom. The Hall–Kier alpha value is 0.540. The van der Waals surface area contributed by atoms with Gasteiger partial charge in [0.15, 0.2) is 0 Å². The Balaban J connectivity index is 0. The summed E-state index contributed by atoms with van der Waals surface area (Å²) in [4.78, 5) is 0. The van der Waals surface area contributed by atoms with Crippen molar-refractivity contribution in [2.24, 2.45) is 15.2 Å². The molecule has 0 aliphatic heterocycles. The predicted octanol–water partition coefficient (Wildman–Crippen LogP) is 7.94. The zero-order valence-corrected chi connectivity index (χ0v) is 19.7. The fourth-order valence-corrected chi connectivity index (χ4v) is 3.23. The first-order valence-corrected chi connectivity index (χ1v) is 11.0. The van der Waals surface area contributed by atoms with E-state index in [9.17, 15) is 0 Å². The fourth-order valence-electron chi connectivity index (χ4n) is 2.88. The van der Waals surface area contributed by atoms with Gasteiger partial charge >= 0.3 is 57.0 Å². The maximum absolute atomic E-state index is 4.19. The molecular weight excluding hydrogens is 371 g/mol. The molecule has 0 atom stereocenters. The van der Waals surface area contributed by atoms with E-state index in [1.807, 2.05) is 0 Å². The molecule has 2 heteroatoms. The van der Waals surface area contributed by atoms with Crippen LogP contribution in [0.25, 0.3) is 0 Å². The molecule has 0 amide bonds. The van der Waals surface area contributed by atoms with Crippen molar-refractivity contribution < 1.29 is 20.9 Å². The molecule has 0 aromatic carbocycles. The van der Waals surface area contributed by atoms with Gasteiger partial charge in [-0.2, -0.15) is 25.7 Å². The quantitative estimate of drug-likeness (QED) is 0.326. The third kappa shape index (κ3) is 14.8. The molecule has 2 aliphatic rings. The molecule has 1 nitrogen and oxygen atoms in total. The molecule has 24 heavy (non-hydrogen) atoms. The van der Waals surface area contributed by atoms with E-state index in [1.54, 1.807) is 20.9 Å². The summed E-state index contributed by atoms with van der Waals surface area (Å²) in [6.45, 7) is 11.0. The number of nitrogens with zero attached hydrogens (tertiary/aromatic N) is 1. The summed E-state index contributed by atoms with van der Waals surface area (Å²) in [6, 6.07) is 0. The molecule has 0 saturated heterocycles. The molecule has 0 aromatic heterocycles. The van der Waals surface area contributed by atoms with Crippen LogP contribution in [0.3, 0.4) is 0 Å². The van der Waals surface area contributed by atoms with E-state index < -0.39 is 0 Å². The van der Waals surface area contributed by atoms with Gasteiger partial charge in [-0.05, 0) is 11.8 Å². The Labute approximate surface area is 166 Å². The summed E-state index contributed by atoms with van der Waals surface area (Å²) < 4.78 is 4.19. The van der Waals surface area contributed by atoms with E-state index in [0.29, 0.717) is 0 Å². The van der Waals surface area contributed by atoms with Crippen molar-refractivity contribution in [3.8, 4) is 0 Å². The van der Waals surface area contributed by atoms with Gasteiger partial charge in [0.1, 0.15) is 0 Å². The molecular formula is C22H44NNb-3. The Bertz CT molecular complexity index is 245. The van der Waals surface area contributed by atoms with Crippen molar-refractivity contribution in [3.63, 3.8) is 0 Å².